The number of aromatic nitrogens is 1. The van der Waals surface area contributed by atoms with Gasteiger partial charge in [-0.1, -0.05) is 12.1 Å². The lowest BCUT2D eigenvalue weighted by Gasteiger charge is -2.17. The molecule has 1 N–H and O–H groups in total. The van der Waals surface area contributed by atoms with Gasteiger partial charge in [-0.05, 0) is 70.0 Å². The number of aryl methyl sites for hydroxylation is 3. The zero-order chi connectivity index (χ0) is 21.5. The van der Waals surface area contributed by atoms with E-state index in [1.54, 1.807) is 35.6 Å². The molecule has 3 aromatic rings. The summed E-state index contributed by atoms with van der Waals surface area (Å²) in [5.41, 5.74) is 4.69. The predicted molar refractivity (Wildman–Crippen MR) is 118 cm³/mol. The largest absolute Gasteiger partial charge is 0.345 e. The van der Waals surface area contributed by atoms with Crippen molar-refractivity contribution in [1.29, 1.82) is 0 Å². The van der Waals surface area contributed by atoms with E-state index in [0.29, 0.717) is 5.56 Å². The molecule has 0 saturated carbocycles. The molecule has 2 heterocycles. The number of sulfone groups is 1. The van der Waals surface area contributed by atoms with Gasteiger partial charge >= 0.3 is 0 Å². The number of nitrogens with zero attached hydrogens (tertiary/aromatic N) is 1. The van der Waals surface area contributed by atoms with Gasteiger partial charge in [0.15, 0.2) is 9.84 Å². The maximum atomic E-state index is 13.2. The third kappa shape index (κ3) is 4.16. The molecule has 1 aromatic carbocycles. The van der Waals surface area contributed by atoms with Crippen molar-refractivity contribution < 1.29 is 13.2 Å². The predicted octanol–water partition coefficient (Wildman–Crippen LogP) is 4.67. The van der Waals surface area contributed by atoms with Gasteiger partial charge in [0.1, 0.15) is 5.00 Å². The van der Waals surface area contributed by atoms with Gasteiger partial charge < -0.3 is 9.88 Å². The number of amides is 1. The molecule has 0 aliphatic carbocycles. The van der Waals surface area contributed by atoms with E-state index in [9.17, 15) is 13.2 Å². The number of thiophene rings is 1. The smallest absolute Gasteiger partial charge is 0.255 e. The zero-order valence-corrected chi connectivity index (χ0v) is 19.2. The standard InChI is InChI=1S/C22H26N2O3S2/c1-13-7-8-14(2)24(13)22-20(15(3)17(5)28-22)21(25)23-16(4)18-9-11-19(12-10-18)29(6,26)27/h7-12,16H,1-6H3,(H,23,25). The number of carbonyl (C=O) groups excluding carboxylic acids is 1. The molecule has 2 aromatic heterocycles. The first-order valence-corrected chi connectivity index (χ1v) is 12.1. The lowest BCUT2D eigenvalue weighted by atomic mass is 10.1. The quantitative estimate of drug-likeness (QED) is 0.640. The molecule has 7 heteroatoms. The number of rotatable bonds is 5. The molecule has 0 bridgehead atoms. The van der Waals surface area contributed by atoms with Crippen molar-refractivity contribution in [1.82, 2.24) is 9.88 Å². The maximum Gasteiger partial charge on any atom is 0.255 e. The molecule has 1 unspecified atom stereocenters. The molecule has 5 nitrogen and oxygen atoms in total. The van der Waals surface area contributed by atoms with Gasteiger partial charge in [-0.2, -0.15) is 0 Å². The van der Waals surface area contributed by atoms with E-state index in [1.165, 1.54) is 6.26 Å². The van der Waals surface area contributed by atoms with Gasteiger partial charge in [0.05, 0.1) is 16.5 Å². The van der Waals surface area contributed by atoms with Crippen LogP contribution in [0.25, 0.3) is 5.00 Å². The number of hydrogen-bond donors (Lipinski definition) is 1. The molecule has 0 radical (unpaired) electrons. The second-order valence-corrected chi connectivity index (χ2v) is 10.7. The van der Waals surface area contributed by atoms with Gasteiger partial charge in [-0.15, -0.1) is 11.3 Å². The van der Waals surface area contributed by atoms with Gasteiger partial charge in [0, 0.05) is 22.5 Å². The highest BCUT2D eigenvalue weighted by molar-refractivity contribution is 7.90. The Morgan fingerprint density at radius 1 is 1.00 bits per heavy atom. The van der Waals surface area contributed by atoms with Gasteiger partial charge in [0.25, 0.3) is 5.91 Å². The van der Waals surface area contributed by atoms with Crippen molar-refractivity contribution in [2.75, 3.05) is 6.26 Å². The molecule has 0 spiro atoms. The molecule has 0 aliphatic rings. The van der Waals surface area contributed by atoms with E-state index in [-0.39, 0.29) is 16.8 Å². The van der Waals surface area contributed by atoms with Crippen LogP contribution < -0.4 is 5.32 Å². The SMILES string of the molecule is Cc1sc(-n2c(C)ccc2C)c(C(=O)NC(C)c2ccc(S(C)(=O)=O)cc2)c1C. The normalized spacial score (nSPS) is 12.8. The lowest BCUT2D eigenvalue weighted by molar-refractivity contribution is 0.0939. The van der Waals surface area contributed by atoms with E-state index in [4.69, 9.17) is 0 Å². The highest BCUT2D eigenvalue weighted by Gasteiger charge is 2.23. The molecule has 154 valence electrons. The van der Waals surface area contributed by atoms with Crippen LogP contribution in [-0.4, -0.2) is 25.1 Å². The molecule has 1 amide bonds. The van der Waals surface area contributed by atoms with Crippen molar-refractivity contribution in [3.05, 3.63) is 69.4 Å². The average Bonchev–Trinajstić information content (AvgIpc) is 3.12. The summed E-state index contributed by atoms with van der Waals surface area (Å²) in [4.78, 5) is 14.6. The number of benzene rings is 1. The Bertz CT molecular complexity index is 1150. The Labute approximate surface area is 176 Å². The molecule has 0 saturated heterocycles. The lowest BCUT2D eigenvalue weighted by Crippen LogP contribution is -2.28. The molecule has 0 aliphatic heterocycles. The fourth-order valence-corrected chi connectivity index (χ4v) is 5.28. The Morgan fingerprint density at radius 2 is 1.55 bits per heavy atom. The minimum Gasteiger partial charge on any atom is -0.345 e. The topological polar surface area (TPSA) is 68.2 Å². The van der Waals surface area contributed by atoms with Crippen LogP contribution in [0.3, 0.4) is 0 Å². The van der Waals surface area contributed by atoms with Crippen LogP contribution in [0.2, 0.25) is 0 Å². The summed E-state index contributed by atoms with van der Waals surface area (Å²) in [5, 5.41) is 4.00. The van der Waals surface area contributed by atoms with Crippen LogP contribution >= 0.6 is 11.3 Å². The molecule has 0 fully saturated rings. The molecule has 1 atom stereocenters. The monoisotopic (exact) mass is 430 g/mol. The molecular formula is C22H26N2O3S2. The van der Waals surface area contributed by atoms with Crippen LogP contribution in [-0.2, 0) is 9.84 Å². The first-order valence-electron chi connectivity index (χ1n) is 9.37. The first kappa shape index (κ1) is 21.3. The van der Waals surface area contributed by atoms with Crippen molar-refractivity contribution in [3.63, 3.8) is 0 Å². The second kappa shape index (κ2) is 7.80. The van der Waals surface area contributed by atoms with Crippen LogP contribution in [0.4, 0.5) is 0 Å². The number of hydrogen-bond acceptors (Lipinski definition) is 4. The van der Waals surface area contributed by atoms with Crippen LogP contribution in [0, 0.1) is 27.7 Å². The van der Waals surface area contributed by atoms with Crippen LogP contribution in [0.5, 0.6) is 0 Å². The Hall–Kier alpha value is -2.38. The van der Waals surface area contributed by atoms with Crippen LogP contribution in [0.1, 0.15) is 50.7 Å². The summed E-state index contributed by atoms with van der Waals surface area (Å²) < 4.78 is 25.4. The van der Waals surface area contributed by atoms with Crippen molar-refractivity contribution in [2.45, 2.75) is 45.6 Å². The second-order valence-electron chi connectivity index (χ2n) is 7.45. The maximum absolute atomic E-state index is 13.2. The third-order valence-electron chi connectivity index (χ3n) is 5.22. The van der Waals surface area contributed by atoms with Crippen molar-refractivity contribution in [3.8, 4) is 5.00 Å². The Morgan fingerprint density at radius 3 is 2.07 bits per heavy atom. The molecular weight excluding hydrogens is 404 g/mol. The fourth-order valence-electron chi connectivity index (χ4n) is 3.38. The highest BCUT2D eigenvalue weighted by atomic mass is 32.2. The third-order valence-corrected chi connectivity index (χ3v) is 7.54. The minimum absolute atomic E-state index is 0.131. The minimum atomic E-state index is -3.24. The van der Waals surface area contributed by atoms with Gasteiger partial charge in [0.2, 0.25) is 0 Å². The van der Waals surface area contributed by atoms with E-state index in [1.807, 2.05) is 46.8 Å². The van der Waals surface area contributed by atoms with E-state index >= 15 is 0 Å². The Kier molecular flexibility index (Phi) is 5.74. The summed E-state index contributed by atoms with van der Waals surface area (Å²) in [6.07, 6.45) is 1.18. The van der Waals surface area contributed by atoms with E-state index in [0.717, 1.165) is 32.4 Å². The zero-order valence-electron chi connectivity index (χ0n) is 17.5. The summed E-state index contributed by atoms with van der Waals surface area (Å²) >= 11 is 1.62. The first-order chi connectivity index (χ1) is 13.5. The summed E-state index contributed by atoms with van der Waals surface area (Å²) in [6, 6.07) is 10.5. The van der Waals surface area contributed by atoms with Crippen molar-refractivity contribution >= 4 is 27.1 Å². The van der Waals surface area contributed by atoms with Gasteiger partial charge in [-0.25, -0.2) is 8.42 Å². The van der Waals surface area contributed by atoms with Crippen LogP contribution in [0.15, 0.2) is 41.3 Å². The van der Waals surface area contributed by atoms with E-state index < -0.39 is 9.84 Å². The summed E-state index contributed by atoms with van der Waals surface area (Å²) in [7, 11) is -3.24. The molecule has 29 heavy (non-hydrogen) atoms. The fraction of sp³-hybridized carbons (Fsp3) is 0.318. The number of nitrogens with one attached hydrogen (secondary N) is 1. The van der Waals surface area contributed by atoms with Crippen molar-refractivity contribution in [2.24, 2.45) is 0 Å². The summed E-state index contributed by atoms with van der Waals surface area (Å²) in [5.74, 6) is -0.131. The average molecular weight is 431 g/mol. The Balaban J connectivity index is 1.92. The van der Waals surface area contributed by atoms with E-state index in [2.05, 4.69) is 9.88 Å². The summed E-state index contributed by atoms with van der Waals surface area (Å²) in [6.45, 7) is 9.97. The number of carbonyl (C=O) groups is 1. The highest BCUT2D eigenvalue weighted by Crippen LogP contribution is 2.33. The molecule has 3 rings (SSSR count). The van der Waals surface area contributed by atoms with Gasteiger partial charge in [-0.3, -0.25) is 4.79 Å².